The monoisotopic (exact) mass is 536 g/mol. The fraction of sp³-hybridized carbons (Fsp3) is 0.310. The Kier molecular flexibility index (Phi) is 9.10. The summed E-state index contributed by atoms with van der Waals surface area (Å²) in [5, 5.41) is 2.73. The van der Waals surface area contributed by atoms with E-state index in [0.717, 1.165) is 21.2 Å². The van der Waals surface area contributed by atoms with Crippen LogP contribution in [0.5, 0.6) is 5.75 Å². The van der Waals surface area contributed by atoms with Crippen LogP contribution in [0.25, 0.3) is 0 Å². The first-order valence-corrected chi connectivity index (χ1v) is 12.5. The molecule has 0 aliphatic carbocycles. The first kappa shape index (κ1) is 26.5. The summed E-state index contributed by atoms with van der Waals surface area (Å²) in [5.41, 5.74) is 3.09. The summed E-state index contributed by atoms with van der Waals surface area (Å²) >= 11 is 3.57. The van der Waals surface area contributed by atoms with Crippen LogP contribution >= 0.6 is 15.9 Å². The number of nitrogens with one attached hydrogen (secondary N) is 1. The standard InChI is InChI=1S/C29H33BrN2O3/c1-29(2,3)23-15-16-26(24(30)18-23)35-20-27(33)32(19-22-13-9-6-10-14-22)25(28(34)31-4)17-21-11-7-5-8-12-21/h5-16,18,25H,17,19-20H2,1-4H3,(H,31,34)/t25-/m1/s1. The van der Waals surface area contributed by atoms with E-state index in [4.69, 9.17) is 4.74 Å². The SMILES string of the molecule is CNC(=O)[C@@H](Cc1ccccc1)N(Cc1ccccc1)C(=O)COc1ccc(C(C)(C)C)cc1Br. The van der Waals surface area contributed by atoms with Crippen LogP contribution in [-0.2, 0) is 28.0 Å². The number of hydrogen-bond acceptors (Lipinski definition) is 3. The van der Waals surface area contributed by atoms with Gasteiger partial charge < -0.3 is 15.0 Å². The van der Waals surface area contributed by atoms with E-state index in [1.807, 2.05) is 78.9 Å². The number of carbonyl (C=O) groups is 2. The summed E-state index contributed by atoms with van der Waals surface area (Å²) < 4.78 is 6.72. The Morgan fingerprint density at radius 3 is 2.09 bits per heavy atom. The third-order valence-corrected chi connectivity index (χ3v) is 6.48. The van der Waals surface area contributed by atoms with Gasteiger partial charge in [-0.1, -0.05) is 87.5 Å². The molecule has 6 heteroatoms. The summed E-state index contributed by atoms with van der Waals surface area (Å²) in [7, 11) is 1.59. The van der Waals surface area contributed by atoms with E-state index in [-0.39, 0.29) is 23.8 Å². The van der Waals surface area contributed by atoms with Gasteiger partial charge in [0.1, 0.15) is 11.8 Å². The van der Waals surface area contributed by atoms with Gasteiger partial charge in [0.25, 0.3) is 5.91 Å². The van der Waals surface area contributed by atoms with Crippen LogP contribution in [0.3, 0.4) is 0 Å². The van der Waals surface area contributed by atoms with Crippen LogP contribution < -0.4 is 10.1 Å². The Labute approximate surface area is 216 Å². The van der Waals surface area contributed by atoms with Crippen molar-refractivity contribution in [1.29, 1.82) is 0 Å². The van der Waals surface area contributed by atoms with Crippen LogP contribution in [-0.4, -0.2) is 36.4 Å². The Morgan fingerprint density at radius 2 is 1.54 bits per heavy atom. The molecule has 5 nitrogen and oxygen atoms in total. The highest BCUT2D eigenvalue weighted by molar-refractivity contribution is 9.10. The van der Waals surface area contributed by atoms with Gasteiger partial charge in [0.05, 0.1) is 4.47 Å². The van der Waals surface area contributed by atoms with Gasteiger partial charge >= 0.3 is 0 Å². The zero-order valence-electron chi connectivity index (χ0n) is 20.8. The smallest absolute Gasteiger partial charge is 0.261 e. The van der Waals surface area contributed by atoms with Crippen molar-refractivity contribution in [1.82, 2.24) is 10.2 Å². The molecule has 0 heterocycles. The molecular weight excluding hydrogens is 504 g/mol. The molecule has 1 N–H and O–H groups in total. The molecule has 2 amide bonds. The molecule has 35 heavy (non-hydrogen) atoms. The van der Waals surface area contributed by atoms with Crippen molar-refractivity contribution < 1.29 is 14.3 Å². The molecule has 0 aliphatic heterocycles. The Bertz CT molecular complexity index is 1130. The van der Waals surface area contributed by atoms with Crippen molar-refractivity contribution in [3.8, 4) is 5.75 Å². The number of hydrogen-bond donors (Lipinski definition) is 1. The number of likely N-dealkylation sites (N-methyl/N-ethyl adjacent to an activating group) is 1. The van der Waals surface area contributed by atoms with Crippen molar-refractivity contribution in [3.05, 3.63) is 100 Å². The van der Waals surface area contributed by atoms with Gasteiger partial charge in [-0.25, -0.2) is 0 Å². The zero-order valence-corrected chi connectivity index (χ0v) is 22.3. The number of ether oxygens (including phenoxy) is 1. The summed E-state index contributed by atoms with van der Waals surface area (Å²) in [4.78, 5) is 28.1. The maximum Gasteiger partial charge on any atom is 0.261 e. The van der Waals surface area contributed by atoms with E-state index >= 15 is 0 Å². The lowest BCUT2D eigenvalue weighted by molar-refractivity contribution is -0.142. The first-order valence-electron chi connectivity index (χ1n) is 11.7. The second-order valence-corrected chi connectivity index (χ2v) is 10.4. The Balaban J connectivity index is 1.85. The fourth-order valence-electron chi connectivity index (χ4n) is 3.81. The average Bonchev–Trinajstić information content (AvgIpc) is 2.85. The lowest BCUT2D eigenvalue weighted by Gasteiger charge is -2.31. The van der Waals surface area contributed by atoms with Crippen molar-refractivity contribution in [2.24, 2.45) is 0 Å². The van der Waals surface area contributed by atoms with Crippen LogP contribution in [0.4, 0.5) is 0 Å². The predicted molar refractivity (Wildman–Crippen MR) is 143 cm³/mol. The topological polar surface area (TPSA) is 58.6 Å². The van der Waals surface area contributed by atoms with E-state index in [2.05, 4.69) is 42.0 Å². The van der Waals surface area contributed by atoms with E-state index in [9.17, 15) is 9.59 Å². The Hall–Kier alpha value is -3.12. The van der Waals surface area contributed by atoms with E-state index in [1.165, 1.54) is 0 Å². The quantitative estimate of drug-likeness (QED) is 0.392. The van der Waals surface area contributed by atoms with Gasteiger partial charge in [-0.2, -0.15) is 0 Å². The molecule has 1 atom stereocenters. The zero-order chi connectivity index (χ0) is 25.4. The fourth-order valence-corrected chi connectivity index (χ4v) is 4.30. The van der Waals surface area contributed by atoms with Crippen LogP contribution in [0.15, 0.2) is 83.3 Å². The molecular formula is C29H33BrN2O3. The van der Waals surface area contributed by atoms with Crippen molar-refractivity contribution in [3.63, 3.8) is 0 Å². The normalized spacial score (nSPS) is 12.0. The highest BCUT2D eigenvalue weighted by atomic mass is 79.9. The van der Waals surface area contributed by atoms with Crippen LogP contribution in [0.1, 0.15) is 37.5 Å². The van der Waals surface area contributed by atoms with Gasteiger partial charge in [0.2, 0.25) is 5.91 Å². The van der Waals surface area contributed by atoms with Gasteiger partial charge in [-0.05, 0) is 50.2 Å². The van der Waals surface area contributed by atoms with Gasteiger partial charge in [0, 0.05) is 20.0 Å². The summed E-state index contributed by atoms with van der Waals surface area (Å²) in [5.74, 6) is 0.115. The van der Waals surface area contributed by atoms with Crippen LogP contribution in [0.2, 0.25) is 0 Å². The first-order chi connectivity index (χ1) is 16.7. The van der Waals surface area contributed by atoms with Crippen molar-refractivity contribution >= 4 is 27.7 Å². The molecule has 3 aromatic rings. The van der Waals surface area contributed by atoms with E-state index in [1.54, 1.807) is 11.9 Å². The van der Waals surface area contributed by atoms with Gasteiger partial charge in [-0.15, -0.1) is 0 Å². The van der Waals surface area contributed by atoms with Crippen molar-refractivity contribution in [2.45, 2.75) is 45.2 Å². The number of benzene rings is 3. The second kappa shape index (κ2) is 12.0. The number of amides is 2. The maximum atomic E-state index is 13.5. The molecule has 0 aliphatic rings. The predicted octanol–water partition coefficient (Wildman–Crippen LogP) is 5.51. The molecule has 0 bridgehead atoms. The van der Waals surface area contributed by atoms with Gasteiger partial charge in [0.15, 0.2) is 6.61 Å². The average molecular weight is 537 g/mol. The molecule has 0 spiro atoms. The van der Waals surface area contributed by atoms with E-state index in [0.29, 0.717) is 18.7 Å². The molecule has 0 saturated carbocycles. The molecule has 0 saturated heterocycles. The van der Waals surface area contributed by atoms with Gasteiger partial charge in [-0.3, -0.25) is 9.59 Å². The molecule has 3 rings (SSSR count). The molecule has 3 aromatic carbocycles. The molecule has 0 fully saturated rings. The molecule has 184 valence electrons. The lowest BCUT2D eigenvalue weighted by Crippen LogP contribution is -2.51. The number of carbonyl (C=O) groups excluding carboxylic acids is 2. The Morgan fingerprint density at radius 1 is 0.943 bits per heavy atom. The third-order valence-electron chi connectivity index (χ3n) is 5.86. The molecule has 0 radical (unpaired) electrons. The molecule has 0 aromatic heterocycles. The second-order valence-electron chi connectivity index (χ2n) is 9.51. The number of halogens is 1. The summed E-state index contributed by atoms with van der Waals surface area (Å²) in [6.07, 6.45) is 0.406. The summed E-state index contributed by atoms with van der Waals surface area (Å²) in [6.45, 7) is 6.56. The minimum Gasteiger partial charge on any atom is -0.483 e. The summed E-state index contributed by atoms with van der Waals surface area (Å²) in [6, 6.07) is 24.6. The van der Waals surface area contributed by atoms with Crippen LogP contribution in [0, 0.1) is 0 Å². The van der Waals surface area contributed by atoms with Crippen molar-refractivity contribution in [2.75, 3.05) is 13.7 Å². The highest BCUT2D eigenvalue weighted by Crippen LogP contribution is 2.31. The number of nitrogens with zero attached hydrogens (tertiary/aromatic N) is 1. The third kappa shape index (κ3) is 7.43. The largest absolute Gasteiger partial charge is 0.483 e. The minimum atomic E-state index is -0.676. The lowest BCUT2D eigenvalue weighted by atomic mass is 9.87. The van der Waals surface area contributed by atoms with E-state index < -0.39 is 6.04 Å². The molecule has 0 unspecified atom stereocenters. The highest BCUT2D eigenvalue weighted by Gasteiger charge is 2.30. The minimum absolute atomic E-state index is 0.00151. The maximum absolute atomic E-state index is 13.5. The number of rotatable bonds is 9.